The van der Waals surface area contributed by atoms with Crippen molar-refractivity contribution in [2.45, 2.75) is 51.6 Å². The second-order valence-electron chi connectivity index (χ2n) is 5.05. The highest BCUT2D eigenvalue weighted by Crippen LogP contribution is 2.21. The Hall–Kier alpha value is -1.49. The molecule has 0 spiro atoms. The van der Waals surface area contributed by atoms with Crippen molar-refractivity contribution in [3.8, 4) is 11.8 Å². The quantitative estimate of drug-likeness (QED) is 0.582. The van der Waals surface area contributed by atoms with E-state index in [9.17, 15) is 0 Å². The van der Waals surface area contributed by atoms with Gasteiger partial charge in [0.2, 0.25) is 0 Å². The van der Waals surface area contributed by atoms with E-state index < -0.39 is 0 Å². The lowest BCUT2D eigenvalue weighted by Crippen LogP contribution is -2.48. The van der Waals surface area contributed by atoms with Crippen LogP contribution < -0.4 is 5.32 Å². The molecule has 0 aromatic rings. The first kappa shape index (κ1) is 13.6. The van der Waals surface area contributed by atoms with Crippen LogP contribution in [0.25, 0.3) is 0 Å². The van der Waals surface area contributed by atoms with E-state index in [1.54, 1.807) is 0 Å². The van der Waals surface area contributed by atoms with Gasteiger partial charge in [-0.2, -0.15) is 0 Å². The SMILES string of the molecule is C=C(C)C(=C)NC(C)(C)[C@@H]1CCC#CCC=N1. The lowest BCUT2D eigenvalue weighted by Gasteiger charge is -2.34. The van der Waals surface area contributed by atoms with Gasteiger partial charge in [-0.15, -0.1) is 5.92 Å². The predicted molar refractivity (Wildman–Crippen MR) is 75.1 cm³/mol. The molecule has 0 aromatic heterocycles. The maximum atomic E-state index is 4.61. The Balaban J connectivity index is 2.72. The first-order valence-corrected chi connectivity index (χ1v) is 6.04. The molecule has 0 aromatic carbocycles. The van der Waals surface area contributed by atoms with E-state index in [0.717, 1.165) is 30.5 Å². The van der Waals surface area contributed by atoms with Crippen molar-refractivity contribution in [2.75, 3.05) is 0 Å². The Morgan fingerprint density at radius 3 is 2.76 bits per heavy atom. The van der Waals surface area contributed by atoms with Crippen LogP contribution in [0, 0.1) is 11.8 Å². The van der Waals surface area contributed by atoms with Gasteiger partial charge in [0, 0.05) is 24.8 Å². The molecule has 2 nitrogen and oxygen atoms in total. The lowest BCUT2D eigenvalue weighted by molar-refractivity contribution is 0.338. The standard InChI is InChI=1S/C15H22N2/c1-12(2)13(3)17-15(4,5)14-10-8-6-7-9-11-16-14/h11,14,17H,1,3,8-10H2,2,4-5H3/t14-/m0/s1. The predicted octanol–water partition coefficient (Wildman–Crippen LogP) is 3.07. The zero-order chi connectivity index (χ0) is 12.9. The van der Waals surface area contributed by atoms with Gasteiger partial charge in [0.25, 0.3) is 0 Å². The van der Waals surface area contributed by atoms with Crippen LogP contribution in [0.4, 0.5) is 0 Å². The first-order valence-electron chi connectivity index (χ1n) is 6.04. The molecule has 0 aliphatic carbocycles. The summed E-state index contributed by atoms with van der Waals surface area (Å²) in [5.41, 5.74) is 1.73. The van der Waals surface area contributed by atoms with Crippen LogP contribution >= 0.6 is 0 Å². The molecular formula is C15H22N2. The van der Waals surface area contributed by atoms with Gasteiger partial charge in [-0.25, -0.2) is 0 Å². The lowest BCUT2D eigenvalue weighted by atomic mass is 9.90. The van der Waals surface area contributed by atoms with Crippen molar-refractivity contribution in [3.63, 3.8) is 0 Å². The van der Waals surface area contributed by atoms with E-state index in [4.69, 9.17) is 0 Å². The van der Waals surface area contributed by atoms with Gasteiger partial charge in [0.15, 0.2) is 0 Å². The van der Waals surface area contributed by atoms with Crippen molar-refractivity contribution < 1.29 is 0 Å². The number of allylic oxidation sites excluding steroid dienone is 1. The number of rotatable bonds is 4. The van der Waals surface area contributed by atoms with Crippen molar-refractivity contribution in [1.82, 2.24) is 5.32 Å². The van der Waals surface area contributed by atoms with Gasteiger partial charge in [-0.05, 0) is 32.8 Å². The maximum absolute atomic E-state index is 4.61. The molecule has 0 amide bonds. The van der Waals surface area contributed by atoms with E-state index in [-0.39, 0.29) is 11.6 Å². The number of hydrogen-bond acceptors (Lipinski definition) is 2. The molecule has 2 heteroatoms. The third-order valence-corrected chi connectivity index (χ3v) is 2.97. The summed E-state index contributed by atoms with van der Waals surface area (Å²) in [6.45, 7) is 14.1. The Labute approximate surface area is 105 Å². The zero-order valence-corrected chi connectivity index (χ0v) is 11.1. The second kappa shape index (κ2) is 5.72. The molecule has 0 saturated heterocycles. The fraction of sp³-hybridized carbons (Fsp3) is 0.533. The van der Waals surface area contributed by atoms with Gasteiger partial charge in [-0.1, -0.05) is 19.1 Å². The highest BCUT2D eigenvalue weighted by molar-refractivity contribution is 5.61. The maximum Gasteiger partial charge on any atom is 0.0729 e. The average molecular weight is 230 g/mol. The van der Waals surface area contributed by atoms with Crippen LogP contribution in [-0.4, -0.2) is 17.8 Å². The summed E-state index contributed by atoms with van der Waals surface area (Å²) in [6, 6.07) is 0.230. The highest BCUT2D eigenvalue weighted by atomic mass is 15.0. The molecule has 0 fully saturated rings. The van der Waals surface area contributed by atoms with Gasteiger partial charge in [0.1, 0.15) is 0 Å². The molecule has 1 rings (SSSR count). The Bertz CT molecular complexity index is 391. The van der Waals surface area contributed by atoms with E-state index in [1.807, 2.05) is 13.1 Å². The van der Waals surface area contributed by atoms with Gasteiger partial charge >= 0.3 is 0 Å². The summed E-state index contributed by atoms with van der Waals surface area (Å²) >= 11 is 0. The fourth-order valence-corrected chi connectivity index (χ4v) is 1.80. The first-order chi connectivity index (χ1) is 7.93. The second-order valence-corrected chi connectivity index (χ2v) is 5.05. The summed E-state index contributed by atoms with van der Waals surface area (Å²) in [5, 5.41) is 3.42. The van der Waals surface area contributed by atoms with Crippen LogP contribution in [-0.2, 0) is 0 Å². The molecular weight excluding hydrogens is 208 g/mol. The highest BCUT2D eigenvalue weighted by Gasteiger charge is 2.28. The third kappa shape index (κ3) is 4.11. The van der Waals surface area contributed by atoms with Gasteiger partial charge in [0.05, 0.1) is 11.6 Å². The number of aliphatic imine (C=N–C) groups is 1. The molecule has 0 unspecified atom stereocenters. The molecule has 0 bridgehead atoms. The molecule has 0 saturated carbocycles. The van der Waals surface area contributed by atoms with Crippen molar-refractivity contribution in [3.05, 3.63) is 24.4 Å². The van der Waals surface area contributed by atoms with Gasteiger partial charge < -0.3 is 5.32 Å². The van der Waals surface area contributed by atoms with E-state index >= 15 is 0 Å². The zero-order valence-electron chi connectivity index (χ0n) is 11.1. The van der Waals surface area contributed by atoms with Crippen LogP contribution in [0.3, 0.4) is 0 Å². The summed E-state index contributed by atoms with van der Waals surface area (Å²) < 4.78 is 0. The van der Waals surface area contributed by atoms with E-state index in [0.29, 0.717) is 0 Å². The number of nitrogens with zero attached hydrogens (tertiary/aromatic N) is 1. The van der Waals surface area contributed by atoms with Crippen molar-refractivity contribution in [2.24, 2.45) is 4.99 Å². The third-order valence-electron chi connectivity index (χ3n) is 2.97. The Morgan fingerprint density at radius 1 is 1.41 bits per heavy atom. The van der Waals surface area contributed by atoms with Crippen molar-refractivity contribution >= 4 is 6.21 Å². The van der Waals surface area contributed by atoms with E-state index in [1.165, 1.54) is 0 Å². The molecule has 1 heterocycles. The van der Waals surface area contributed by atoms with Crippen LogP contribution in [0.15, 0.2) is 29.4 Å². The Morgan fingerprint density at radius 2 is 2.12 bits per heavy atom. The van der Waals surface area contributed by atoms with Crippen LogP contribution in [0.1, 0.15) is 40.0 Å². The topological polar surface area (TPSA) is 24.4 Å². The Kier molecular flexibility index (Phi) is 4.57. The van der Waals surface area contributed by atoms with Crippen LogP contribution in [0.5, 0.6) is 0 Å². The molecule has 92 valence electrons. The monoisotopic (exact) mass is 230 g/mol. The smallest absolute Gasteiger partial charge is 0.0729 e. The molecule has 1 aliphatic rings. The summed E-state index contributed by atoms with van der Waals surface area (Å²) in [5.74, 6) is 6.22. The minimum absolute atomic E-state index is 0.119. The average Bonchev–Trinajstić information content (AvgIpc) is 2.14. The molecule has 1 aliphatic heterocycles. The minimum atomic E-state index is -0.119. The van der Waals surface area contributed by atoms with Gasteiger partial charge in [-0.3, -0.25) is 4.99 Å². The van der Waals surface area contributed by atoms with E-state index in [2.05, 4.69) is 49.2 Å². The summed E-state index contributed by atoms with van der Waals surface area (Å²) in [6.07, 6.45) is 4.57. The largest absolute Gasteiger partial charge is 0.378 e. The molecule has 0 radical (unpaired) electrons. The van der Waals surface area contributed by atoms with Crippen molar-refractivity contribution in [1.29, 1.82) is 0 Å². The normalized spacial score (nSPS) is 19.6. The minimum Gasteiger partial charge on any atom is -0.378 e. The van der Waals surface area contributed by atoms with Crippen LogP contribution in [0.2, 0.25) is 0 Å². The molecule has 1 atom stereocenters. The summed E-state index contributed by atoms with van der Waals surface area (Å²) in [4.78, 5) is 4.61. The fourth-order valence-electron chi connectivity index (χ4n) is 1.80. The molecule has 1 N–H and O–H groups in total. The number of nitrogens with one attached hydrogen (secondary N) is 1. The molecule has 17 heavy (non-hydrogen) atoms. The number of hydrogen-bond donors (Lipinski definition) is 1. The summed E-state index contributed by atoms with van der Waals surface area (Å²) in [7, 11) is 0.